The van der Waals surface area contributed by atoms with Crippen LogP contribution in [0, 0.1) is 11.7 Å². The summed E-state index contributed by atoms with van der Waals surface area (Å²) in [6.45, 7) is 4.47. The molecule has 1 N–H and O–H groups in total. The molecule has 0 bridgehead atoms. The Bertz CT molecular complexity index is 689. The van der Waals surface area contributed by atoms with Gasteiger partial charge < -0.3 is 5.32 Å². The summed E-state index contributed by atoms with van der Waals surface area (Å²) in [4.78, 5) is 14.8. The third-order valence-corrected chi connectivity index (χ3v) is 5.41. The van der Waals surface area contributed by atoms with Crippen molar-refractivity contribution >= 4 is 17.2 Å². The number of likely N-dealkylation sites (tertiary alicyclic amines) is 1. The minimum Gasteiger partial charge on any atom is -0.353 e. The monoisotopic (exact) mass is 360 g/mol. The molecule has 1 aromatic heterocycles. The summed E-state index contributed by atoms with van der Waals surface area (Å²) in [5.74, 6) is -0.0371. The minimum absolute atomic E-state index is 0.0206. The van der Waals surface area contributed by atoms with Gasteiger partial charge in [0.05, 0.1) is 5.92 Å². The van der Waals surface area contributed by atoms with E-state index < -0.39 is 0 Å². The lowest BCUT2D eigenvalue weighted by Crippen LogP contribution is -2.45. The number of amides is 1. The van der Waals surface area contributed by atoms with Gasteiger partial charge in [-0.2, -0.15) is 11.3 Å². The van der Waals surface area contributed by atoms with Gasteiger partial charge in [-0.15, -0.1) is 0 Å². The van der Waals surface area contributed by atoms with Crippen molar-refractivity contribution in [1.82, 2.24) is 10.2 Å². The zero-order chi connectivity index (χ0) is 17.6. The van der Waals surface area contributed by atoms with Crippen LogP contribution in [0.25, 0.3) is 0 Å². The standard InChI is InChI=1S/C20H25FN2OS/c1-15(10-17-7-9-25-14-17)22-20(24)18-5-3-8-23(13-18)12-16-4-2-6-19(21)11-16/h2,4,6-7,9,11,14-15,18H,3,5,8,10,12-13H2,1H3,(H,22,24). The van der Waals surface area contributed by atoms with Crippen molar-refractivity contribution in [3.8, 4) is 0 Å². The zero-order valence-corrected chi connectivity index (χ0v) is 15.4. The second-order valence-electron chi connectivity index (χ2n) is 6.95. The van der Waals surface area contributed by atoms with Crippen molar-refractivity contribution in [2.75, 3.05) is 13.1 Å². The Balaban J connectivity index is 1.50. The SMILES string of the molecule is CC(Cc1ccsc1)NC(=O)C1CCCN(Cc2cccc(F)c2)C1. The Labute approximate surface area is 152 Å². The van der Waals surface area contributed by atoms with Crippen LogP contribution in [0.5, 0.6) is 0 Å². The summed E-state index contributed by atoms with van der Waals surface area (Å²) in [6, 6.07) is 8.97. The fourth-order valence-corrected chi connectivity index (χ4v) is 4.16. The molecule has 2 unspecified atom stereocenters. The van der Waals surface area contributed by atoms with E-state index in [2.05, 4.69) is 34.0 Å². The maximum absolute atomic E-state index is 13.3. The normalized spacial score (nSPS) is 19.5. The second-order valence-corrected chi connectivity index (χ2v) is 7.73. The van der Waals surface area contributed by atoms with Crippen LogP contribution >= 0.6 is 11.3 Å². The Hall–Kier alpha value is -1.72. The number of halogens is 1. The zero-order valence-electron chi connectivity index (χ0n) is 14.6. The molecule has 1 aromatic carbocycles. The summed E-state index contributed by atoms with van der Waals surface area (Å²) in [6.07, 6.45) is 2.80. The summed E-state index contributed by atoms with van der Waals surface area (Å²) in [5.41, 5.74) is 2.24. The van der Waals surface area contributed by atoms with E-state index >= 15 is 0 Å². The van der Waals surface area contributed by atoms with Crippen molar-refractivity contribution < 1.29 is 9.18 Å². The molecule has 0 saturated carbocycles. The Morgan fingerprint density at radius 2 is 2.28 bits per heavy atom. The van der Waals surface area contributed by atoms with Gasteiger partial charge in [-0.05, 0) is 72.8 Å². The molecule has 0 radical (unpaired) electrons. The third kappa shape index (κ3) is 5.38. The quantitative estimate of drug-likeness (QED) is 0.849. The first kappa shape index (κ1) is 18.1. The number of hydrogen-bond donors (Lipinski definition) is 1. The molecule has 5 heteroatoms. The molecule has 3 nitrogen and oxygen atoms in total. The minimum atomic E-state index is -0.203. The van der Waals surface area contributed by atoms with Crippen molar-refractivity contribution in [2.24, 2.45) is 5.92 Å². The van der Waals surface area contributed by atoms with E-state index in [1.807, 2.05) is 6.07 Å². The highest BCUT2D eigenvalue weighted by Gasteiger charge is 2.26. The molecule has 3 rings (SSSR count). The van der Waals surface area contributed by atoms with E-state index in [4.69, 9.17) is 0 Å². The first-order chi connectivity index (χ1) is 12.1. The van der Waals surface area contributed by atoms with Crippen molar-refractivity contribution in [3.63, 3.8) is 0 Å². The number of carbonyl (C=O) groups is 1. The summed E-state index contributed by atoms with van der Waals surface area (Å²) >= 11 is 1.68. The number of rotatable bonds is 6. The molecular formula is C20H25FN2OS. The van der Waals surface area contributed by atoms with E-state index in [9.17, 15) is 9.18 Å². The number of benzene rings is 1. The highest BCUT2D eigenvalue weighted by molar-refractivity contribution is 7.07. The predicted octanol–water partition coefficient (Wildman–Crippen LogP) is 3.85. The smallest absolute Gasteiger partial charge is 0.224 e. The largest absolute Gasteiger partial charge is 0.353 e. The van der Waals surface area contributed by atoms with Gasteiger partial charge in [0.2, 0.25) is 5.91 Å². The molecule has 0 spiro atoms. The first-order valence-electron chi connectivity index (χ1n) is 8.88. The van der Waals surface area contributed by atoms with Gasteiger partial charge in [0, 0.05) is 19.1 Å². The molecule has 2 atom stereocenters. The number of nitrogens with one attached hydrogen (secondary N) is 1. The maximum atomic E-state index is 13.3. The fourth-order valence-electron chi connectivity index (χ4n) is 3.48. The lowest BCUT2D eigenvalue weighted by atomic mass is 9.96. The van der Waals surface area contributed by atoms with Gasteiger partial charge in [0.1, 0.15) is 5.82 Å². The van der Waals surface area contributed by atoms with E-state index in [0.29, 0.717) is 6.54 Å². The van der Waals surface area contributed by atoms with Crippen LogP contribution in [-0.2, 0) is 17.8 Å². The average Bonchev–Trinajstić information content (AvgIpc) is 3.08. The number of piperidine rings is 1. The lowest BCUT2D eigenvalue weighted by molar-refractivity contribution is -0.127. The number of thiophene rings is 1. The lowest BCUT2D eigenvalue weighted by Gasteiger charge is -2.32. The maximum Gasteiger partial charge on any atom is 0.224 e. The summed E-state index contributed by atoms with van der Waals surface area (Å²) in [5, 5.41) is 7.35. The van der Waals surface area contributed by atoms with Gasteiger partial charge in [0.25, 0.3) is 0 Å². The number of carbonyl (C=O) groups excluding carboxylic acids is 1. The van der Waals surface area contributed by atoms with Crippen LogP contribution in [0.15, 0.2) is 41.1 Å². The Morgan fingerprint density at radius 3 is 3.04 bits per heavy atom. The predicted molar refractivity (Wildman–Crippen MR) is 100 cm³/mol. The van der Waals surface area contributed by atoms with Gasteiger partial charge in [-0.3, -0.25) is 9.69 Å². The van der Waals surface area contributed by atoms with Gasteiger partial charge in [-0.25, -0.2) is 4.39 Å². The van der Waals surface area contributed by atoms with Crippen LogP contribution in [0.1, 0.15) is 30.9 Å². The third-order valence-electron chi connectivity index (χ3n) is 4.68. The molecule has 0 aliphatic carbocycles. The molecule has 134 valence electrons. The van der Waals surface area contributed by atoms with Crippen LogP contribution < -0.4 is 5.32 Å². The van der Waals surface area contributed by atoms with E-state index in [0.717, 1.165) is 37.9 Å². The van der Waals surface area contributed by atoms with E-state index in [1.165, 1.54) is 11.6 Å². The average molecular weight is 360 g/mol. The molecule has 1 amide bonds. The van der Waals surface area contributed by atoms with Crippen LogP contribution in [0.2, 0.25) is 0 Å². The Kier molecular flexibility index (Phi) is 6.21. The van der Waals surface area contributed by atoms with Gasteiger partial charge in [-0.1, -0.05) is 12.1 Å². The molecule has 2 aromatic rings. The fraction of sp³-hybridized carbons (Fsp3) is 0.450. The molecular weight excluding hydrogens is 335 g/mol. The number of hydrogen-bond acceptors (Lipinski definition) is 3. The highest BCUT2D eigenvalue weighted by atomic mass is 32.1. The van der Waals surface area contributed by atoms with Crippen LogP contribution in [0.4, 0.5) is 4.39 Å². The molecule has 1 aliphatic rings. The Morgan fingerprint density at radius 1 is 1.40 bits per heavy atom. The second kappa shape index (κ2) is 8.59. The first-order valence-corrected chi connectivity index (χ1v) is 9.82. The molecule has 25 heavy (non-hydrogen) atoms. The summed E-state index contributed by atoms with van der Waals surface area (Å²) in [7, 11) is 0. The summed E-state index contributed by atoms with van der Waals surface area (Å²) < 4.78 is 13.3. The van der Waals surface area contributed by atoms with Gasteiger partial charge in [0.15, 0.2) is 0 Å². The topological polar surface area (TPSA) is 32.3 Å². The molecule has 1 aliphatic heterocycles. The highest BCUT2D eigenvalue weighted by Crippen LogP contribution is 2.19. The van der Waals surface area contributed by atoms with Gasteiger partial charge >= 0.3 is 0 Å². The number of nitrogens with zero attached hydrogens (tertiary/aromatic N) is 1. The van der Waals surface area contributed by atoms with Crippen LogP contribution in [-0.4, -0.2) is 29.9 Å². The van der Waals surface area contributed by atoms with Crippen molar-refractivity contribution in [3.05, 3.63) is 58.0 Å². The molecule has 1 fully saturated rings. The van der Waals surface area contributed by atoms with E-state index in [1.54, 1.807) is 23.5 Å². The van der Waals surface area contributed by atoms with E-state index in [-0.39, 0.29) is 23.7 Å². The van der Waals surface area contributed by atoms with Crippen LogP contribution in [0.3, 0.4) is 0 Å². The van der Waals surface area contributed by atoms with Crippen molar-refractivity contribution in [2.45, 2.75) is 38.8 Å². The molecule has 1 saturated heterocycles. The molecule has 2 heterocycles. The van der Waals surface area contributed by atoms with Crippen molar-refractivity contribution in [1.29, 1.82) is 0 Å².